The number of amides is 3. The maximum Gasteiger partial charge on any atom is 0.331 e. The lowest BCUT2D eigenvalue weighted by molar-refractivity contribution is -0.123. The molecule has 3 rings (SSSR count). The number of nitrogens with zero attached hydrogens (tertiary/aromatic N) is 2. The van der Waals surface area contributed by atoms with E-state index in [2.05, 4.69) is 0 Å². The van der Waals surface area contributed by atoms with Gasteiger partial charge < -0.3 is 4.90 Å². The normalized spacial score (nSPS) is 22.0. The number of halogens is 1. The number of hydrogen-bond acceptors (Lipinski definition) is 2. The fraction of sp³-hybridized carbons (Fsp3) is 0.500. The molecule has 2 fully saturated rings. The van der Waals surface area contributed by atoms with Crippen LogP contribution in [0.15, 0.2) is 24.3 Å². The minimum absolute atomic E-state index is 0.231. The molecule has 1 aliphatic carbocycles. The van der Waals surface area contributed by atoms with E-state index in [9.17, 15) is 14.0 Å². The third-order valence-corrected chi connectivity index (χ3v) is 4.77. The van der Waals surface area contributed by atoms with E-state index in [1.54, 1.807) is 18.0 Å². The van der Waals surface area contributed by atoms with Gasteiger partial charge in [0.05, 0.1) is 17.6 Å². The molecular formula is C16H19FN2O2. The van der Waals surface area contributed by atoms with Gasteiger partial charge in [0.15, 0.2) is 0 Å². The Hall–Kier alpha value is -1.91. The average molecular weight is 290 g/mol. The summed E-state index contributed by atoms with van der Waals surface area (Å²) >= 11 is 0. The Labute approximate surface area is 123 Å². The third kappa shape index (κ3) is 2.30. The van der Waals surface area contributed by atoms with Gasteiger partial charge in [-0.15, -0.1) is 0 Å². The van der Waals surface area contributed by atoms with E-state index in [0.29, 0.717) is 12.1 Å². The van der Waals surface area contributed by atoms with Crippen LogP contribution in [0.5, 0.6) is 0 Å². The van der Waals surface area contributed by atoms with E-state index < -0.39 is 5.82 Å². The first-order chi connectivity index (χ1) is 10.0. The number of benzene rings is 1. The fourth-order valence-corrected chi connectivity index (χ4v) is 3.53. The molecule has 3 amide bonds. The lowest BCUT2D eigenvalue weighted by Crippen LogP contribution is -2.63. The third-order valence-electron chi connectivity index (χ3n) is 4.77. The molecule has 0 unspecified atom stereocenters. The molecule has 0 aromatic heterocycles. The van der Waals surface area contributed by atoms with Gasteiger partial charge in [0, 0.05) is 7.05 Å². The predicted molar refractivity (Wildman–Crippen MR) is 77.5 cm³/mol. The molecule has 1 saturated carbocycles. The van der Waals surface area contributed by atoms with Crippen molar-refractivity contribution in [3.63, 3.8) is 0 Å². The van der Waals surface area contributed by atoms with Gasteiger partial charge in [0.25, 0.3) is 0 Å². The summed E-state index contributed by atoms with van der Waals surface area (Å²) in [5.41, 5.74) is -0.0292. The van der Waals surface area contributed by atoms with E-state index in [-0.39, 0.29) is 17.5 Å². The van der Waals surface area contributed by atoms with Crippen molar-refractivity contribution in [3.05, 3.63) is 30.1 Å². The van der Waals surface area contributed by atoms with E-state index in [0.717, 1.165) is 37.0 Å². The SMILES string of the molecule is CN1C(=O)N(c2cccc(F)c2)C(=O)CC12CCCCC2. The van der Waals surface area contributed by atoms with Crippen molar-refractivity contribution in [2.75, 3.05) is 11.9 Å². The topological polar surface area (TPSA) is 40.6 Å². The molecule has 0 bridgehead atoms. The Balaban J connectivity index is 1.93. The summed E-state index contributed by atoms with van der Waals surface area (Å²) < 4.78 is 13.4. The molecule has 0 atom stereocenters. The summed E-state index contributed by atoms with van der Waals surface area (Å²) in [6, 6.07) is 5.28. The number of carbonyl (C=O) groups excluding carboxylic acids is 2. The van der Waals surface area contributed by atoms with E-state index in [1.165, 1.54) is 18.2 Å². The zero-order valence-electron chi connectivity index (χ0n) is 12.1. The highest BCUT2D eigenvalue weighted by Crippen LogP contribution is 2.40. The first-order valence-corrected chi connectivity index (χ1v) is 7.40. The number of urea groups is 1. The Morgan fingerprint density at radius 1 is 1.14 bits per heavy atom. The highest BCUT2D eigenvalue weighted by atomic mass is 19.1. The molecule has 5 heteroatoms. The highest BCUT2D eigenvalue weighted by Gasteiger charge is 2.48. The Morgan fingerprint density at radius 2 is 1.86 bits per heavy atom. The number of carbonyl (C=O) groups is 2. The van der Waals surface area contributed by atoms with Crippen molar-refractivity contribution in [2.24, 2.45) is 0 Å². The molecule has 0 radical (unpaired) electrons. The monoisotopic (exact) mass is 290 g/mol. The maximum absolute atomic E-state index is 13.4. The van der Waals surface area contributed by atoms with Crippen LogP contribution in [0.3, 0.4) is 0 Å². The van der Waals surface area contributed by atoms with E-state index in [1.807, 2.05) is 0 Å². The summed E-state index contributed by atoms with van der Waals surface area (Å²) in [4.78, 5) is 27.9. The van der Waals surface area contributed by atoms with Gasteiger partial charge in [-0.25, -0.2) is 14.1 Å². The zero-order chi connectivity index (χ0) is 15.0. The molecular weight excluding hydrogens is 271 g/mol. The van der Waals surface area contributed by atoms with Crippen LogP contribution in [0, 0.1) is 5.82 Å². The molecule has 1 aliphatic heterocycles. The first-order valence-electron chi connectivity index (χ1n) is 7.40. The summed E-state index contributed by atoms with van der Waals surface area (Å²) in [5.74, 6) is -0.681. The van der Waals surface area contributed by atoms with Crippen LogP contribution >= 0.6 is 0 Å². The number of anilines is 1. The number of hydrogen-bond donors (Lipinski definition) is 0. The van der Waals surface area contributed by atoms with Gasteiger partial charge >= 0.3 is 6.03 Å². The number of rotatable bonds is 1. The molecule has 112 valence electrons. The first kappa shape index (κ1) is 14.0. The second kappa shape index (κ2) is 5.13. The van der Waals surface area contributed by atoms with Crippen LogP contribution in [0.25, 0.3) is 0 Å². The molecule has 1 saturated heterocycles. The predicted octanol–water partition coefficient (Wildman–Crippen LogP) is 3.32. The Morgan fingerprint density at radius 3 is 2.52 bits per heavy atom. The summed E-state index contributed by atoms with van der Waals surface area (Å²) in [5, 5.41) is 0. The molecule has 1 aromatic carbocycles. The van der Waals surface area contributed by atoms with Crippen LogP contribution in [0.2, 0.25) is 0 Å². The largest absolute Gasteiger partial charge is 0.331 e. The highest BCUT2D eigenvalue weighted by molar-refractivity contribution is 6.16. The standard InChI is InChI=1S/C16H19FN2O2/c1-18-15(21)19(13-7-5-6-12(17)10-13)14(20)11-16(18)8-3-2-4-9-16/h5-7,10H,2-4,8-9,11H2,1H3. The van der Waals surface area contributed by atoms with Gasteiger partial charge in [-0.1, -0.05) is 25.3 Å². The minimum Gasteiger partial charge on any atom is -0.321 e. The summed E-state index contributed by atoms with van der Waals surface area (Å²) in [6.07, 6.45) is 5.32. The average Bonchev–Trinajstić information content (AvgIpc) is 2.46. The minimum atomic E-state index is -0.450. The number of imide groups is 1. The maximum atomic E-state index is 13.4. The van der Waals surface area contributed by atoms with Gasteiger partial charge in [-0.05, 0) is 31.0 Å². The lowest BCUT2D eigenvalue weighted by atomic mass is 9.77. The van der Waals surface area contributed by atoms with Gasteiger partial charge in [-0.2, -0.15) is 0 Å². The van der Waals surface area contributed by atoms with Crippen LogP contribution in [-0.2, 0) is 4.79 Å². The van der Waals surface area contributed by atoms with Gasteiger partial charge in [0.1, 0.15) is 5.82 Å². The van der Waals surface area contributed by atoms with Gasteiger partial charge in [0.2, 0.25) is 5.91 Å². The molecule has 1 heterocycles. The van der Waals surface area contributed by atoms with E-state index >= 15 is 0 Å². The summed E-state index contributed by atoms with van der Waals surface area (Å²) in [7, 11) is 1.76. The van der Waals surface area contributed by atoms with Crippen molar-refractivity contribution in [3.8, 4) is 0 Å². The van der Waals surface area contributed by atoms with Crippen LogP contribution in [-0.4, -0.2) is 29.4 Å². The molecule has 2 aliphatic rings. The van der Waals surface area contributed by atoms with Crippen molar-refractivity contribution in [1.82, 2.24) is 4.90 Å². The van der Waals surface area contributed by atoms with Crippen LogP contribution < -0.4 is 4.90 Å². The smallest absolute Gasteiger partial charge is 0.321 e. The molecule has 4 nitrogen and oxygen atoms in total. The summed E-state index contributed by atoms with van der Waals surface area (Å²) in [6.45, 7) is 0. The Kier molecular flexibility index (Phi) is 3.43. The van der Waals surface area contributed by atoms with E-state index in [4.69, 9.17) is 0 Å². The fourth-order valence-electron chi connectivity index (χ4n) is 3.53. The lowest BCUT2D eigenvalue weighted by Gasteiger charge is -2.49. The van der Waals surface area contributed by atoms with Crippen molar-refractivity contribution in [2.45, 2.75) is 44.1 Å². The van der Waals surface area contributed by atoms with Crippen LogP contribution in [0.4, 0.5) is 14.9 Å². The molecule has 1 aromatic rings. The second-order valence-corrected chi connectivity index (χ2v) is 6.01. The molecule has 1 spiro atoms. The quantitative estimate of drug-likeness (QED) is 0.796. The molecule has 0 N–H and O–H groups in total. The second-order valence-electron chi connectivity index (χ2n) is 6.01. The Bertz CT molecular complexity index is 581. The van der Waals surface area contributed by atoms with Crippen molar-refractivity contribution >= 4 is 17.6 Å². The zero-order valence-corrected chi connectivity index (χ0v) is 12.1. The van der Waals surface area contributed by atoms with Gasteiger partial charge in [-0.3, -0.25) is 4.79 Å². The van der Waals surface area contributed by atoms with Crippen molar-refractivity contribution in [1.29, 1.82) is 0 Å². The van der Waals surface area contributed by atoms with Crippen molar-refractivity contribution < 1.29 is 14.0 Å². The molecule has 21 heavy (non-hydrogen) atoms. The van der Waals surface area contributed by atoms with Crippen LogP contribution in [0.1, 0.15) is 38.5 Å².